The first-order valence-electron chi connectivity index (χ1n) is 12.0. The molecule has 7 nitrogen and oxygen atoms in total. The first kappa shape index (κ1) is 23.0. The van der Waals surface area contributed by atoms with Crippen LogP contribution in [0.1, 0.15) is 67.6 Å². The second-order valence-electron chi connectivity index (χ2n) is 9.28. The van der Waals surface area contributed by atoms with Gasteiger partial charge in [-0.2, -0.15) is 0 Å². The molecule has 0 bridgehead atoms. The van der Waals surface area contributed by atoms with Crippen molar-refractivity contribution in [1.82, 2.24) is 19.8 Å². The lowest BCUT2D eigenvalue weighted by Gasteiger charge is -2.35. The fourth-order valence-electron chi connectivity index (χ4n) is 4.97. The van der Waals surface area contributed by atoms with Gasteiger partial charge in [0.15, 0.2) is 0 Å². The van der Waals surface area contributed by atoms with Crippen molar-refractivity contribution in [3.8, 4) is 0 Å². The minimum Gasteiger partial charge on any atom is -0.339 e. The van der Waals surface area contributed by atoms with Gasteiger partial charge in [0, 0.05) is 50.3 Å². The van der Waals surface area contributed by atoms with E-state index in [1.807, 2.05) is 23.6 Å². The maximum atomic E-state index is 12.7. The summed E-state index contributed by atoms with van der Waals surface area (Å²) >= 11 is 1.52. The third kappa shape index (κ3) is 5.22. The van der Waals surface area contributed by atoms with Crippen molar-refractivity contribution in [3.63, 3.8) is 0 Å². The van der Waals surface area contributed by atoms with E-state index in [0.29, 0.717) is 56.7 Å². The predicted octanol–water partition coefficient (Wildman–Crippen LogP) is 3.57. The van der Waals surface area contributed by atoms with E-state index in [0.717, 1.165) is 27.6 Å². The van der Waals surface area contributed by atoms with Crippen molar-refractivity contribution in [1.29, 1.82) is 0 Å². The number of hydrogen-bond donors (Lipinski definition) is 1. The number of H-pyrrole nitrogens is 1. The molecule has 2 aromatic rings. The number of aryl methyl sites for hydroxylation is 3. The van der Waals surface area contributed by atoms with Crippen LogP contribution in [-0.2, 0) is 16.0 Å². The minimum absolute atomic E-state index is 0.0561. The van der Waals surface area contributed by atoms with Gasteiger partial charge in [-0.1, -0.05) is 32.1 Å². The highest BCUT2D eigenvalue weighted by molar-refractivity contribution is 7.18. The number of rotatable bonds is 6. The smallest absolute Gasteiger partial charge is 0.259 e. The number of thiophene rings is 1. The van der Waals surface area contributed by atoms with Crippen LogP contribution < -0.4 is 5.56 Å². The van der Waals surface area contributed by atoms with Gasteiger partial charge in [-0.15, -0.1) is 11.3 Å². The van der Waals surface area contributed by atoms with Crippen molar-refractivity contribution < 1.29 is 9.59 Å². The Morgan fingerprint density at radius 1 is 1.00 bits per heavy atom. The van der Waals surface area contributed by atoms with E-state index in [2.05, 4.69) is 9.97 Å². The number of aromatic nitrogens is 2. The largest absolute Gasteiger partial charge is 0.339 e. The van der Waals surface area contributed by atoms with Crippen LogP contribution in [0.5, 0.6) is 0 Å². The van der Waals surface area contributed by atoms with Crippen LogP contribution in [0.2, 0.25) is 0 Å². The molecule has 0 radical (unpaired) electrons. The summed E-state index contributed by atoms with van der Waals surface area (Å²) in [4.78, 5) is 50.7. The Morgan fingerprint density at radius 3 is 2.28 bits per heavy atom. The molecule has 1 aliphatic heterocycles. The third-order valence-electron chi connectivity index (χ3n) is 7.14. The maximum Gasteiger partial charge on any atom is 0.259 e. The van der Waals surface area contributed by atoms with Gasteiger partial charge in [0.2, 0.25) is 11.8 Å². The number of nitrogens with one attached hydrogen (secondary N) is 1. The van der Waals surface area contributed by atoms with Crippen molar-refractivity contribution in [3.05, 3.63) is 26.6 Å². The second-order valence-corrected chi connectivity index (χ2v) is 10.5. The first-order chi connectivity index (χ1) is 15.4. The number of fused-ring (bicyclic) bond motifs is 1. The Balaban J connectivity index is 1.23. The van der Waals surface area contributed by atoms with Crippen molar-refractivity contribution in [2.24, 2.45) is 5.92 Å². The second kappa shape index (κ2) is 10.1. The molecule has 2 amide bonds. The summed E-state index contributed by atoms with van der Waals surface area (Å²) in [5, 5.41) is 0.659. The van der Waals surface area contributed by atoms with E-state index in [1.54, 1.807) is 0 Å². The van der Waals surface area contributed by atoms with Crippen LogP contribution in [0.15, 0.2) is 4.79 Å². The van der Waals surface area contributed by atoms with Gasteiger partial charge < -0.3 is 14.8 Å². The lowest BCUT2D eigenvalue weighted by Crippen LogP contribution is -2.50. The molecular weight excluding hydrogens is 424 g/mol. The lowest BCUT2D eigenvalue weighted by molar-refractivity contribution is -0.139. The molecule has 174 valence electrons. The molecule has 3 heterocycles. The van der Waals surface area contributed by atoms with Gasteiger partial charge in [-0.05, 0) is 31.7 Å². The van der Waals surface area contributed by atoms with Crippen LogP contribution in [0.4, 0.5) is 0 Å². The highest BCUT2D eigenvalue weighted by Crippen LogP contribution is 2.28. The Morgan fingerprint density at radius 2 is 1.62 bits per heavy atom. The molecule has 1 N–H and O–H groups in total. The van der Waals surface area contributed by atoms with E-state index in [9.17, 15) is 14.4 Å². The average molecular weight is 459 g/mol. The molecule has 1 aliphatic carbocycles. The zero-order valence-electron chi connectivity index (χ0n) is 19.2. The molecule has 1 saturated heterocycles. The molecule has 2 aliphatic rings. The van der Waals surface area contributed by atoms with E-state index in [1.165, 1.54) is 43.4 Å². The van der Waals surface area contributed by atoms with Crippen LogP contribution >= 0.6 is 11.3 Å². The fourth-order valence-corrected chi connectivity index (χ4v) is 6.02. The summed E-state index contributed by atoms with van der Waals surface area (Å²) in [5.74, 6) is 1.57. The summed E-state index contributed by atoms with van der Waals surface area (Å²) in [6.07, 6.45) is 8.89. The highest BCUT2D eigenvalue weighted by Gasteiger charge is 2.25. The molecule has 2 fully saturated rings. The normalized spacial score (nSPS) is 17.8. The van der Waals surface area contributed by atoms with Crippen LogP contribution in [0.3, 0.4) is 0 Å². The van der Waals surface area contributed by atoms with Crippen LogP contribution in [-0.4, -0.2) is 57.8 Å². The van der Waals surface area contributed by atoms with Gasteiger partial charge in [-0.3, -0.25) is 14.4 Å². The summed E-state index contributed by atoms with van der Waals surface area (Å²) < 4.78 is 0. The maximum absolute atomic E-state index is 12.7. The molecular formula is C24H34N4O3S. The number of aromatic amines is 1. The molecule has 0 unspecified atom stereocenters. The van der Waals surface area contributed by atoms with Gasteiger partial charge >= 0.3 is 0 Å². The van der Waals surface area contributed by atoms with Crippen LogP contribution in [0.25, 0.3) is 10.2 Å². The van der Waals surface area contributed by atoms with Crippen molar-refractivity contribution >= 4 is 33.4 Å². The Kier molecular flexibility index (Phi) is 7.28. The topological polar surface area (TPSA) is 86.4 Å². The van der Waals surface area contributed by atoms with E-state index < -0.39 is 0 Å². The number of piperazine rings is 1. The molecule has 8 heteroatoms. The Hall–Kier alpha value is -2.22. The number of amides is 2. The summed E-state index contributed by atoms with van der Waals surface area (Å²) in [5.41, 5.74) is 0.854. The molecule has 0 atom stereocenters. The SMILES string of the molecule is Cc1sc2nc(CCC(=O)N3CCN(C(=O)CCC4CCCCC4)CC3)[nH]c(=O)c2c1C. The molecule has 1 saturated carbocycles. The van der Waals surface area contributed by atoms with E-state index in [-0.39, 0.29) is 17.4 Å². The zero-order valence-corrected chi connectivity index (χ0v) is 20.1. The number of carbonyl (C=O) groups is 2. The van der Waals surface area contributed by atoms with Gasteiger partial charge in [0.05, 0.1) is 5.39 Å². The van der Waals surface area contributed by atoms with Gasteiger partial charge in [0.25, 0.3) is 5.56 Å². The number of carbonyl (C=O) groups excluding carboxylic acids is 2. The number of nitrogens with zero attached hydrogens (tertiary/aromatic N) is 3. The summed E-state index contributed by atoms with van der Waals surface area (Å²) in [7, 11) is 0. The average Bonchev–Trinajstić information content (AvgIpc) is 3.10. The standard InChI is InChI=1S/C24H34N4O3S/c1-16-17(2)32-24-22(16)23(31)25-19(26-24)9-11-21(30)28-14-12-27(13-15-28)20(29)10-8-18-6-4-3-5-7-18/h18H,3-15H2,1-2H3,(H,25,26,31). The molecule has 4 rings (SSSR count). The molecule has 2 aromatic heterocycles. The summed E-state index contributed by atoms with van der Waals surface area (Å²) in [6.45, 7) is 6.33. The molecule has 0 aromatic carbocycles. The summed E-state index contributed by atoms with van der Waals surface area (Å²) in [6, 6.07) is 0. The minimum atomic E-state index is -0.125. The van der Waals surface area contributed by atoms with Gasteiger partial charge in [0.1, 0.15) is 10.7 Å². The van der Waals surface area contributed by atoms with Crippen LogP contribution in [0, 0.1) is 19.8 Å². The highest BCUT2D eigenvalue weighted by atomic mass is 32.1. The molecule has 32 heavy (non-hydrogen) atoms. The van der Waals surface area contributed by atoms with Crippen molar-refractivity contribution in [2.45, 2.75) is 71.6 Å². The quantitative estimate of drug-likeness (QED) is 0.717. The third-order valence-corrected chi connectivity index (χ3v) is 8.24. The van der Waals surface area contributed by atoms with E-state index >= 15 is 0 Å². The lowest BCUT2D eigenvalue weighted by atomic mass is 9.86. The van der Waals surface area contributed by atoms with Gasteiger partial charge in [-0.25, -0.2) is 4.98 Å². The van der Waals surface area contributed by atoms with Crippen molar-refractivity contribution in [2.75, 3.05) is 26.2 Å². The predicted molar refractivity (Wildman–Crippen MR) is 127 cm³/mol. The monoisotopic (exact) mass is 458 g/mol. The first-order valence-corrected chi connectivity index (χ1v) is 12.8. The number of hydrogen-bond acceptors (Lipinski definition) is 5. The fraction of sp³-hybridized carbons (Fsp3) is 0.667. The van der Waals surface area contributed by atoms with E-state index in [4.69, 9.17) is 0 Å². The zero-order chi connectivity index (χ0) is 22.7. The Labute approximate surface area is 193 Å². The Bertz CT molecular complexity index is 1030. The molecule has 0 spiro atoms.